The molecule has 2 nitrogen and oxygen atoms in total. The summed E-state index contributed by atoms with van der Waals surface area (Å²) in [6.07, 6.45) is 0. The average molecular weight is 720 g/mol. The van der Waals surface area contributed by atoms with Crippen molar-refractivity contribution in [3.63, 3.8) is 0 Å². The third-order valence-corrected chi connectivity index (χ3v) is 12.7. The Hall–Kier alpha value is -6.64. The van der Waals surface area contributed by atoms with Crippen molar-refractivity contribution in [2.45, 2.75) is 38.5 Å². The van der Waals surface area contributed by atoms with Crippen LogP contribution >= 0.6 is 0 Å². The quantitative estimate of drug-likeness (QED) is 0.176. The molecule has 1 aromatic heterocycles. The van der Waals surface area contributed by atoms with Crippen LogP contribution in [-0.4, -0.2) is 0 Å². The second-order valence-corrected chi connectivity index (χ2v) is 16.5. The lowest BCUT2D eigenvalue weighted by atomic mass is 9.81. The monoisotopic (exact) mass is 719 g/mol. The molecule has 0 spiro atoms. The molecule has 0 saturated carbocycles. The minimum Gasteiger partial charge on any atom is -0.456 e. The highest BCUT2D eigenvalue weighted by molar-refractivity contribution is 6.15. The van der Waals surface area contributed by atoms with Gasteiger partial charge < -0.3 is 9.32 Å². The zero-order valence-electron chi connectivity index (χ0n) is 32.1. The molecule has 9 aromatic rings. The molecule has 56 heavy (non-hydrogen) atoms. The molecule has 0 amide bonds. The van der Waals surface area contributed by atoms with Crippen LogP contribution in [0.1, 0.15) is 49.9 Å². The van der Waals surface area contributed by atoms with Crippen LogP contribution in [-0.2, 0) is 10.8 Å². The summed E-state index contributed by atoms with van der Waals surface area (Å²) in [6.45, 7) is 9.49. The van der Waals surface area contributed by atoms with Crippen molar-refractivity contribution in [3.05, 3.63) is 198 Å². The molecule has 2 aliphatic carbocycles. The fourth-order valence-corrected chi connectivity index (χ4v) is 9.91. The molecular formula is C54H41NO. The fourth-order valence-electron chi connectivity index (χ4n) is 9.91. The second-order valence-electron chi connectivity index (χ2n) is 16.5. The molecule has 0 radical (unpaired) electrons. The van der Waals surface area contributed by atoms with Gasteiger partial charge in [-0.3, -0.25) is 0 Å². The molecule has 0 aliphatic heterocycles. The van der Waals surface area contributed by atoms with Crippen LogP contribution in [0, 0.1) is 0 Å². The Morgan fingerprint density at radius 1 is 0.393 bits per heavy atom. The first kappa shape index (κ1) is 32.8. The molecule has 0 bridgehead atoms. The van der Waals surface area contributed by atoms with Crippen molar-refractivity contribution in [2.75, 3.05) is 4.90 Å². The van der Waals surface area contributed by atoms with Crippen LogP contribution in [0.2, 0.25) is 0 Å². The van der Waals surface area contributed by atoms with Crippen LogP contribution in [0.15, 0.2) is 180 Å². The fraction of sp³-hybridized carbons (Fsp3) is 0.111. The zero-order valence-corrected chi connectivity index (χ0v) is 32.1. The van der Waals surface area contributed by atoms with Crippen LogP contribution in [0.4, 0.5) is 17.1 Å². The smallest absolute Gasteiger partial charge is 0.137 e. The average Bonchev–Trinajstić information content (AvgIpc) is 3.81. The maximum absolute atomic E-state index is 6.77. The summed E-state index contributed by atoms with van der Waals surface area (Å²) < 4.78 is 6.77. The van der Waals surface area contributed by atoms with E-state index in [9.17, 15) is 0 Å². The van der Waals surface area contributed by atoms with Crippen molar-refractivity contribution in [3.8, 4) is 44.5 Å². The van der Waals surface area contributed by atoms with Crippen molar-refractivity contribution >= 4 is 39.0 Å². The molecule has 268 valence electrons. The van der Waals surface area contributed by atoms with Gasteiger partial charge in [0.1, 0.15) is 11.2 Å². The Kier molecular flexibility index (Phi) is 6.98. The van der Waals surface area contributed by atoms with E-state index in [2.05, 4.69) is 209 Å². The highest BCUT2D eigenvalue weighted by Gasteiger charge is 2.40. The lowest BCUT2D eigenvalue weighted by Gasteiger charge is -2.31. The molecule has 0 unspecified atom stereocenters. The first-order chi connectivity index (χ1) is 27.3. The number of benzene rings is 8. The van der Waals surface area contributed by atoms with Gasteiger partial charge in [0, 0.05) is 27.5 Å². The van der Waals surface area contributed by atoms with E-state index < -0.39 is 0 Å². The molecule has 0 N–H and O–H groups in total. The zero-order chi connectivity index (χ0) is 37.8. The normalized spacial score (nSPS) is 14.4. The summed E-state index contributed by atoms with van der Waals surface area (Å²) in [5, 5.41) is 2.21. The summed E-state index contributed by atoms with van der Waals surface area (Å²) in [5.41, 5.74) is 20.2. The van der Waals surface area contributed by atoms with Gasteiger partial charge in [-0.25, -0.2) is 0 Å². The summed E-state index contributed by atoms with van der Waals surface area (Å²) >= 11 is 0. The summed E-state index contributed by atoms with van der Waals surface area (Å²) in [5.74, 6) is 0. The van der Waals surface area contributed by atoms with Gasteiger partial charge in [0.25, 0.3) is 0 Å². The first-order valence-electron chi connectivity index (χ1n) is 19.7. The van der Waals surface area contributed by atoms with Gasteiger partial charge in [0.15, 0.2) is 0 Å². The Bertz CT molecular complexity index is 3020. The van der Waals surface area contributed by atoms with Crippen molar-refractivity contribution in [1.82, 2.24) is 0 Å². The van der Waals surface area contributed by atoms with Crippen LogP contribution in [0.5, 0.6) is 0 Å². The molecule has 8 aromatic carbocycles. The predicted molar refractivity (Wildman–Crippen MR) is 234 cm³/mol. The Balaban J connectivity index is 1.24. The lowest BCUT2D eigenvalue weighted by molar-refractivity contribution is 0.660. The maximum Gasteiger partial charge on any atom is 0.137 e. The van der Waals surface area contributed by atoms with Crippen molar-refractivity contribution in [2.24, 2.45) is 0 Å². The third-order valence-electron chi connectivity index (χ3n) is 12.7. The number of hydrogen-bond acceptors (Lipinski definition) is 2. The molecule has 11 rings (SSSR count). The number of nitrogens with zero attached hydrogens (tertiary/aromatic N) is 1. The topological polar surface area (TPSA) is 16.4 Å². The Morgan fingerprint density at radius 3 is 1.71 bits per heavy atom. The standard InChI is InChI=1S/C54H41NO/c1-53(2)43-24-14-12-22-39(43)51-44(53)25-15-26-46(51)55(47-27-16-28-48-52(47)40-30-29-36(31-49(40)56-48)34-17-7-5-8-18-34)37-32-41(35-19-9-6-10-20-35)50-38-21-11-13-23-42(38)54(3,4)45(50)33-37/h5-33H,1-4H3. The van der Waals surface area contributed by atoms with Gasteiger partial charge >= 0.3 is 0 Å². The van der Waals surface area contributed by atoms with Gasteiger partial charge in [-0.05, 0) is 104 Å². The van der Waals surface area contributed by atoms with Gasteiger partial charge in [0.2, 0.25) is 0 Å². The number of rotatable bonds is 5. The summed E-state index contributed by atoms with van der Waals surface area (Å²) in [6, 6.07) is 64.5. The minimum atomic E-state index is -0.202. The van der Waals surface area contributed by atoms with E-state index >= 15 is 0 Å². The van der Waals surface area contributed by atoms with E-state index in [1.165, 1.54) is 61.2 Å². The van der Waals surface area contributed by atoms with Gasteiger partial charge in [-0.15, -0.1) is 0 Å². The summed E-state index contributed by atoms with van der Waals surface area (Å²) in [7, 11) is 0. The van der Waals surface area contributed by atoms with Gasteiger partial charge in [-0.2, -0.15) is 0 Å². The Morgan fingerprint density at radius 2 is 0.982 bits per heavy atom. The number of fused-ring (bicyclic) bond motifs is 9. The molecular weight excluding hydrogens is 679 g/mol. The number of furan rings is 1. The van der Waals surface area contributed by atoms with E-state index in [1.54, 1.807) is 0 Å². The number of anilines is 3. The van der Waals surface area contributed by atoms with E-state index in [0.717, 1.165) is 44.6 Å². The first-order valence-corrected chi connectivity index (χ1v) is 19.7. The highest BCUT2D eigenvalue weighted by Crippen LogP contribution is 2.58. The van der Waals surface area contributed by atoms with Crippen molar-refractivity contribution in [1.29, 1.82) is 0 Å². The second kappa shape index (κ2) is 11.9. The van der Waals surface area contributed by atoms with E-state index in [1.807, 2.05) is 0 Å². The van der Waals surface area contributed by atoms with E-state index in [0.29, 0.717) is 0 Å². The Labute approximate surface area is 328 Å². The van der Waals surface area contributed by atoms with Crippen molar-refractivity contribution < 1.29 is 4.42 Å². The van der Waals surface area contributed by atoms with Gasteiger partial charge in [-0.1, -0.05) is 161 Å². The third kappa shape index (κ3) is 4.62. The molecule has 1 heterocycles. The molecule has 0 saturated heterocycles. The minimum absolute atomic E-state index is 0.146. The highest BCUT2D eigenvalue weighted by atomic mass is 16.3. The maximum atomic E-state index is 6.77. The molecule has 0 atom stereocenters. The molecule has 0 fully saturated rings. The van der Waals surface area contributed by atoms with Crippen LogP contribution in [0.25, 0.3) is 66.4 Å². The lowest BCUT2D eigenvalue weighted by Crippen LogP contribution is -2.18. The largest absolute Gasteiger partial charge is 0.456 e. The molecule has 2 heteroatoms. The number of hydrogen-bond donors (Lipinski definition) is 0. The van der Waals surface area contributed by atoms with Gasteiger partial charge in [0.05, 0.1) is 16.8 Å². The predicted octanol–water partition coefficient (Wildman–Crippen LogP) is 15.0. The van der Waals surface area contributed by atoms with E-state index in [4.69, 9.17) is 4.42 Å². The summed E-state index contributed by atoms with van der Waals surface area (Å²) in [4.78, 5) is 2.53. The SMILES string of the molecule is CC1(C)c2ccccc2-c2c(-c3ccccc3)cc(N(c3cccc4c3-c3ccccc3C4(C)C)c3cccc4oc5cc(-c6ccccc6)ccc5c34)cc21. The molecule has 2 aliphatic rings. The van der Waals surface area contributed by atoms with E-state index in [-0.39, 0.29) is 10.8 Å². The van der Waals surface area contributed by atoms with Crippen LogP contribution in [0.3, 0.4) is 0 Å². The van der Waals surface area contributed by atoms with Crippen LogP contribution < -0.4 is 4.90 Å².